The second kappa shape index (κ2) is 3.96. The first-order valence-corrected chi connectivity index (χ1v) is 5.29. The van der Waals surface area contributed by atoms with E-state index in [1.165, 1.54) is 11.0 Å². The van der Waals surface area contributed by atoms with E-state index in [9.17, 15) is 9.59 Å². The number of anilines is 1. The zero-order valence-corrected chi connectivity index (χ0v) is 9.92. The van der Waals surface area contributed by atoms with Gasteiger partial charge in [0.05, 0.1) is 10.7 Å². The maximum Gasteiger partial charge on any atom is 0.331 e. The minimum Gasteiger partial charge on any atom is -0.318 e. The monoisotopic (exact) mass is 258 g/mol. The molecule has 1 heterocycles. The van der Waals surface area contributed by atoms with Crippen LogP contribution in [0.15, 0.2) is 18.2 Å². The topological polar surface area (TPSA) is 40.6 Å². The Hall–Kier alpha value is -1.26. The summed E-state index contributed by atoms with van der Waals surface area (Å²) >= 11 is 11.7. The molecule has 2 rings (SSSR count). The lowest BCUT2D eigenvalue weighted by molar-refractivity contribution is -0.116. The lowest BCUT2D eigenvalue weighted by atomic mass is 10.3. The molecule has 6 heteroatoms. The van der Waals surface area contributed by atoms with E-state index in [2.05, 4.69) is 0 Å². The first-order chi connectivity index (χ1) is 7.50. The first-order valence-electron chi connectivity index (χ1n) is 4.54. The summed E-state index contributed by atoms with van der Waals surface area (Å²) in [5, 5.41) is 0.746. The number of hydrogen-bond acceptors (Lipinski definition) is 2. The molecule has 1 aliphatic heterocycles. The van der Waals surface area contributed by atoms with Gasteiger partial charge in [0.2, 0.25) is 0 Å². The van der Waals surface area contributed by atoms with Gasteiger partial charge in [-0.1, -0.05) is 23.2 Å². The van der Waals surface area contributed by atoms with Crippen molar-refractivity contribution in [1.82, 2.24) is 4.90 Å². The van der Waals surface area contributed by atoms with E-state index in [1.54, 1.807) is 19.2 Å². The molecule has 1 aromatic carbocycles. The number of rotatable bonds is 1. The number of halogens is 2. The largest absolute Gasteiger partial charge is 0.331 e. The number of benzene rings is 1. The molecule has 0 atom stereocenters. The van der Waals surface area contributed by atoms with Crippen LogP contribution in [0, 0.1) is 0 Å². The van der Waals surface area contributed by atoms with Crippen molar-refractivity contribution in [1.29, 1.82) is 0 Å². The first kappa shape index (κ1) is 11.2. The van der Waals surface area contributed by atoms with Gasteiger partial charge in [0.25, 0.3) is 5.91 Å². The van der Waals surface area contributed by atoms with Crippen molar-refractivity contribution in [3.8, 4) is 0 Å². The van der Waals surface area contributed by atoms with Crippen LogP contribution in [-0.2, 0) is 4.79 Å². The second-order valence-electron chi connectivity index (χ2n) is 3.46. The molecule has 4 nitrogen and oxygen atoms in total. The Bertz CT molecular complexity index is 476. The molecule has 0 unspecified atom stereocenters. The molecule has 0 aromatic heterocycles. The van der Waals surface area contributed by atoms with Gasteiger partial charge >= 0.3 is 6.03 Å². The third-order valence-electron chi connectivity index (χ3n) is 2.29. The third-order valence-corrected chi connectivity index (χ3v) is 2.84. The zero-order chi connectivity index (χ0) is 11.9. The van der Waals surface area contributed by atoms with E-state index >= 15 is 0 Å². The molecular weight excluding hydrogens is 251 g/mol. The molecule has 16 heavy (non-hydrogen) atoms. The fourth-order valence-corrected chi connectivity index (χ4v) is 1.88. The summed E-state index contributed by atoms with van der Waals surface area (Å²) in [6, 6.07) is 4.26. The molecule has 0 radical (unpaired) electrons. The average molecular weight is 259 g/mol. The Kier molecular flexibility index (Phi) is 2.78. The average Bonchev–Trinajstić information content (AvgIpc) is 2.46. The van der Waals surface area contributed by atoms with Gasteiger partial charge in [0.1, 0.15) is 6.54 Å². The van der Waals surface area contributed by atoms with Crippen LogP contribution < -0.4 is 4.90 Å². The SMILES string of the molecule is CN1CC(=O)N(c2cc(Cl)ccc2Cl)C1=O. The highest BCUT2D eigenvalue weighted by Crippen LogP contribution is 2.31. The molecule has 0 spiro atoms. The van der Waals surface area contributed by atoms with Crippen LogP contribution in [0.5, 0.6) is 0 Å². The van der Waals surface area contributed by atoms with E-state index in [1.807, 2.05) is 0 Å². The lowest BCUT2D eigenvalue weighted by Crippen LogP contribution is -2.31. The summed E-state index contributed by atoms with van der Waals surface area (Å²) in [5.41, 5.74) is 0.327. The Balaban J connectivity index is 2.48. The van der Waals surface area contributed by atoms with Crippen LogP contribution in [0.2, 0.25) is 10.0 Å². The van der Waals surface area contributed by atoms with Crippen LogP contribution in [0.3, 0.4) is 0 Å². The zero-order valence-electron chi connectivity index (χ0n) is 8.41. The predicted molar refractivity (Wildman–Crippen MR) is 62.0 cm³/mol. The highest BCUT2D eigenvalue weighted by Gasteiger charge is 2.35. The number of likely N-dealkylation sites (N-methyl/N-ethyl adjacent to an activating group) is 1. The van der Waals surface area contributed by atoms with Crippen molar-refractivity contribution in [3.63, 3.8) is 0 Å². The molecular formula is C10H8Cl2N2O2. The fourth-order valence-electron chi connectivity index (χ4n) is 1.51. The normalized spacial score (nSPS) is 16.2. The van der Waals surface area contributed by atoms with Crippen molar-refractivity contribution in [3.05, 3.63) is 28.2 Å². The van der Waals surface area contributed by atoms with Crippen molar-refractivity contribution < 1.29 is 9.59 Å². The maximum atomic E-state index is 11.7. The van der Waals surface area contributed by atoms with Crippen molar-refractivity contribution in [2.75, 3.05) is 18.5 Å². The predicted octanol–water partition coefficient (Wildman–Crippen LogP) is 2.39. The molecule has 1 aliphatic rings. The van der Waals surface area contributed by atoms with Gasteiger partial charge in [0.15, 0.2) is 0 Å². The smallest absolute Gasteiger partial charge is 0.318 e. The number of urea groups is 1. The minimum atomic E-state index is -0.394. The number of nitrogens with zero attached hydrogens (tertiary/aromatic N) is 2. The van der Waals surface area contributed by atoms with E-state index < -0.39 is 6.03 Å². The quantitative estimate of drug-likeness (QED) is 0.726. The van der Waals surface area contributed by atoms with Crippen molar-refractivity contribution in [2.24, 2.45) is 0 Å². The Morgan fingerprint density at radius 2 is 1.94 bits per heavy atom. The van der Waals surface area contributed by atoms with Gasteiger partial charge in [-0.3, -0.25) is 4.79 Å². The highest BCUT2D eigenvalue weighted by atomic mass is 35.5. The van der Waals surface area contributed by atoms with Crippen LogP contribution >= 0.6 is 23.2 Å². The lowest BCUT2D eigenvalue weighted by Gasteiger charge is -2.15. The standard InChI is InChI=1S/C10H8Cl2N2O2/c1-13-5-9(15)14(10(13)16)8-4-6(11)2-3-7(8)12/h2-4H,5H2,1H3. The Labute approximate surface area is 102 Å². The highest BCUT2D eigenvalue weighted by molar-refractivity contribution is 6.37. The third kappa shape index (κ3) is 1.74. The molecule has 0 N–H and O–H groups in total. The molecule has 0 bridgehead atoms. The molecule has 0 saturated carbocycles. The summed E-state index contributed by atoms with van der Waals surface area (Å²) in [7, 11) is 1.55. The molecule has 3 amide bonds. The summed E-state index contributed by atoms with van der Waals surface area (Å²) in [6.07, 6.45) is 0. The Morgan fingerprint density at radius 1 is 1.25 bits per heavy atom. The number of carbonyl (C=O) groups is 2. The van der Waals surface area contributed by atoms with Crippen LogP contribution in [-0.4, -0.2) is 30.4 Å². The summed E-state index contributed by atoms with van der Waals surface area (Å²) in [6.45, 7) is 0.0572. The van der Waals surface area contributed by atoms with Crippen LogP contribution in [0.4, 0.5) is 10.5 Å². The molecule has 1 saturated heterocycles. The Morgan fingerprint density at radius 3 is 2.50 bits per heavy atom. The maximum absolute atomic E-state index is 11.7. The second-order valence-corrected chi connectivity index (χ2v) is 4.31. The molecule has 84 valence electrons. The van der Waals surface area contributed by atoms with E-state index in [4.69, 9.17) is 23.2 Å². The van der Waals surface area contributed by atoms with Gasteiger partial charge < -0.3 is 4.90 Å². The van der Waals surface area contributed by atoms with E-state index in [-0.39, 0.29) is 12.5 Å². The number of imide groups is 1. The van der Waals surface area contributed by atoms with E-state index in [0.717, 1.165) is 4.90 Å². The summed E-state index contributed by atoms with van der Waals surface area (Å²) < 4.78 is 0. The molecule has 0 aliphatic carbocycles. The van der Waals surface area contributed by atoms with Crippen LogP contribution in [0.1, 0.15) is 0 Å². The number of hydrogen-bond donors (Lipinski definition) is 0. The summed E-state index contributed by atoms with van der Waals surface area (Å²) in [4.78, 5) is 25.7. The number of carbonyl (C=O) groups excluding carboxylic acids is 2. The van der Waals surface area contributed by atoms with Crippen molar-refractivity contribution in [2.45, 2.75) is 0 Å². The van der Waals surface area contributed by atoms with Gasteiger partial charge in [-0.05, 0) is 18.2 Å². The van der Waals surface area contributed by atoms with Gasteiger partial charge in [0, 0.05) is 12.1 Å². The van der Waals surface area contributed by atoms with Gasteiger partial charge in [-0.25, -0.2) is 9.69 Å². The summed E-state index contributed by atoms with van der Waals surface area (Å²) in [5.74, 6) is -0.309. The van der Waals surface area contributed by atoms with Crippen LogP contribution in [0.25, 0.3) is 0 Å². The van der Waals surface area contributed by atoms with Gasteiger partial charge in [-0.15, -0.1) is 0 Å². The molecule has 1 aromatic rings. The fraction of sp³-hybridized carbons (Fsp3) is 0.200. The minimum absolute atomic E-state index is 0.0572. The van der Waals surface area contributed by atoms with Gasteiger partial charge in [-0.2, -0.15) is 0 Å². The van der Waals surface area contributed by atoms with Crippen molar-refractivity contribution >= 4 is 40.8 Å². The van der Waals surface area contributed by atoms with E-state index in [0.29, 0.717) is 15.7 Å². The molecule has 1 fully saturated rings. The number of amides is 3.